The van der Waals surface area contributed by atoms with E-state index in [0.717, 1.165) is 112 Å². The van der Waals surface area contributed by atoms with Crippen molar-refractivity contribution in [3.05, 3.63) is 123 Å². The molecular formula is C55H64ClFN5O7+. The molecule has 4 aliphatic rings. The van der Waals surface area contributed by atoms with E-state index in [4.69, 9.17) is 21.1 Å². The van der Waals surface area contributed by atoms with Crippen molar-refractivity contribution in [2.75, 3.05) is 53.0 Å². The number of ether oxygens (including phenoxy) is 2. The predicted octanol–water partition coefficient (Wildman–Crippen LogP) is 9.50. The largest absolute Gasteiger partial charge is 0.493 e. The lowest BCUT2D eigenvalue weighted by molar-refractivity contribution is -0.451. The Morgan fingerprint density at radius 3 is 2.41 bits per heavy atom. The first-order valence-electron chi connectivity index (χ1n) is 24.0. The zero-order valence-corrected chi connectivity index (χ0v) is 41.6. The van der Waals surface area contributed by atoms with E-state index >= 15 is 0 Å². The zero-order chi connectivity index (χ0) is 49.5. The van der Waals surface area contributed by atoms with Crippen LogP contribution in [-0.4, -0.2) is 113 Å². The molecule has 0 saturated carbocycles. The fraction of sp³-hybridized carbons (Fsp3) is 0.400. The maximum absolute atomic E-state index is 13.6. The van der Waals surface area contributed by atoms with Crippen LogP contribution in [0.2, 0.25) is 5.02 Å². The summed E-state index contributed by atoms with van der Waals surface area (Å²) in [5.74, 6) is -0.327. The van der Waals surface area contributed by atoms with Gasteiger partial charge in [-0.3, -0.25) is 24.6 Å². The Labute approximate surface area is 409 Å². The van der Waals surface area contributed by atoms with Crippen LogP contribution in [0.3, 0.4) is 0 Å². The fourth-order valence-electron chi connectivity index (χ4n) is 9.87. The molecule has 0 aliphatic carbocycles. The molecule has 12 nitrogen and oxygen atoms in total. The number of aliphatic carboxylic acids is 1. The van der Waals surface area contributed by atoms with E-state index in [1.54, 1.807) is 13.0 Å². The number of piperazine rings is 1. The van der Waals surface area contributed by atoms with Crippen LogP contribution in [0.15, 0.2) is 84.1 Å². The van der Waals surface area contributed by atoms with Crippen molar-refractivity contribution >= 4 is 68.6 Å². The van der Waals surface area contributed by atoms with Crippen LogP contribution < -0.4 is 14.8 Å². The highest BCUT2D eigenvalue weighted by Gasteiger charge is 2.38. The first-order chi connectivity index (χ1) is 33.1. The van der Waals surface area contributed by atoms with Gasteiger partial charge in [-0.25, -0.2) is 13.8 Å². The van der Waals surface area contributed by atoms with E-state index < -0.39 is 5.97 Å². The van der Waals surface area contributed by atoms with E-state index in [0.29, 0.717) is 60.9 Å². The Morgan fingerprint density at radius 2 is 1.71 bits per heavy atom. The monoisotopic (exact) mass is 960 g/mol. The molecule has 2 fully saturated rings. The van der Waals surface area contributed by atoms with E-state index in [2.05, 4.69) is 53.5 Å². The van der Waals surface area contributed by atoms with Crippen molar-refractivity contribution < 1.29 is 42.7 Å². The normalized spacial score (nSPS) is 18.2. The second-order valence-electron chi connectivity index (χ2n) is 18.1. The minimum absolute atomic E-state index is 0.00750. The van der Waals surface area contributed by atoms with Gasteiger partial charge in [0.15, 0.2) is 18.0 Å². The predicted molar refractivity (Wildman–Crippen MR) is 270 cm³/mol. The Hall–Kier alpha value is -6.31. The van der Waals surface area contributed by atoms with Crippen LogP contribution in [0, 0.1) is 12.7 Å². The highest BCUT2D eigenvalue weighted by Crippen LogP contribution is 2.42. The van der Waals surface area contributed by atoms with Crippen LogP contribution in [-0.2, 0) is 25.7 Å². The number of carboxylic acid groups (broad SMARTS) is 1. The standard InChI is InChI=1S/C30H29ClFNO3.C25H34N4O4/c1-17-24(13-14-26(31)28(17)29-19(3)33(5)20(29)4)23(18(2)30(34)35)9-7-15-36-27-10-6-8-21-16-22(32)11-12-25(21)27;1-3-6-20-18-7-5-8-22(19(18)16-29(20)21-9-10-23(30)26-25(21)32)33-17-24(31)28-14-12-27(11-4-2)13-15-28/h6,8,10-14,16H,7,9,15H2,1-5H3;5-8,21H,3-4,9-17H2,1-2H3,(H,26,30,32)/p+1/b23-18+;20-6+. The molecule has 0 spiro atoms. The second kappa shape index (κ2) is 22.4. The average Bonchev–Trinajstić information content (AvgIpc) is 3.70. The smallest absolute Gasteiger partial charge is 0.331 e. The number of imide groups is 1. The van der Waals surface area contributed by atoms with E-state index in [1.165, 1.54) is 12.1 Å². The van der Waals surface area contributed by atoms with Crippen LogP contribution in [0.25, 0.3) is 27.6 Å². The number of carbonyl (C=O) groups is 4. The molecule has 3 amide bonds. The van der Waals surface area contributed by atoms with Gasteiger partial charge in [0, 0.05) is 91.4 Å². The number of halogens is 2. The number of rotatable bonds is 15. The SMILES string of the molecule is CC/C=C1\c2cccc(OCC(=O)N3CCN(CCC)CC3)c2CN1C1CCC(=O)NC1=O.CC1=C(c2c(Cl)ccc(/C(CCCOc3cccc4cc(F)ccc34)=C(\C)C(=O)O)c2C)C(C)=[N+]1C. The quantitative estimate of drug-likeness (QED) is 0.0518. The van der Waals surface area contributed by atoms with Gasteiger partial charge in [0.2, 0.25) is 11.8 Å². The number of fused-ring (bicyclic) bond motifs is 2. The minimum atomic E-state index is -0.945. The summed E-state index contributed by atoms with van der Waals surface area (Å²) < 4.78 is 27.8. The van der Waals surface area contributed by atoms with Crippen molar-refractivity contribution in [2.45, 2.75) is 92.7 Å². The lowest BCUT2D eigenvalue weighted by Gasteiger charge is -2.34. The van der Waals surface area contributed by atoms with Crippen LogP contribution >= 0.6 is 11.6 Å². The number of carbonyl (C=O) groups excluding carboxylic acids is 3. The number of nitrogens with one attached hydrogen (secondary N) is 1. The van der Waals surface area contributed by atoms with Gasteiger partial charge in [-0.15, -0.1) is 0 Å². The van der Waals surface area contributed by atoms with Gasteiger partial charge < -0.3 is 24.4 Å². The summed E-state index contributed by atoms with van der Waals surface area (Å²) in [5, 5.41) is 14.6. The molecule has 4 aromatic carbocycles. The molecule has 2 saturated heterocycles. The van der Waals surface area contributed by atoms with Gasteiger partial charge in [-0.05, 0) is 111 Å². The van der Waals surface area contributed by atoms with Gasteiger partial charge in [-0.2, -0.15) is 0 Å². The molecular weight excluding hydrogens is 897 g/mol. The summed E-state index contributed by atoms with van der Waals surface area (Å²) in [7, 11) is 2.02. The molecule has 4 aliphatic heterocycles. The maximum Gasteiger partial charge on any atom is 0.331 e. The summed E-state index contributed by atoms with van der Waals surface area (Å²) in [6, 6.07) is 19.4. The molecule has 364 valence electrons. The Kier molecular flexibility index (Phi) is 16.4. The average molecular weight is 962 g/mol. The number of hydrogen-bond donors (Lipinski definition) is 2. The Morgan fingerprint density at radius 1 is 0.971 bits per heavy atom. The molecule has 2 N–H and O–H groups in total. The maximum atomic E-state index is 13.6. The van der Waals surface area contributed by atoms with Crippen molar-refractivity contribution in [1.82, 2.24) is 20.0 Å². The first kappa shape index (κ1) is 50.6. The van der Waals surface area contributed by atoms with Crippen molar-refractivity contribution in [1.29, 1.82) is 0 Å². The molecule has 14 heteroatoms. The Bertz CT molecular complexity index is 2790. The third-order valence-electron chi connectivity index (χ3n) is 13.8. The summed E-state index contributed by atoms with van der Waals surface area (Å²) in [6.07, 6.45) is 6.04. The summed E-state index contributed by atoms with van der Waals surface area (Å²) >= 11 is 6.64. The first-order valence-corrected chi connectivity index (χ1v) is 24.4. The highest BCUT2D eigenvalue weighted by atomic mass is 35.5. The lowest BCUT2D eigenvalue weighted by Crippen LogP contribution is -2.50. The fourth-order valence-corrected chi connectivity index (χ4v) is 10.2. The molecule has 4 aromatic rings. The number of piperidine rings is 1. The minimum Gasteiger partial charge on any atom is -0.493 e. The van der Waals surface area contributed by atoms with Crippen LogP contribution in [0.4, 0.5) is 4.39 Å². The molecule has 4 heterocycles. The number of carboxylic acids is 1. The number of hydrogen-bond acceptors (Lipinski definition) is 8. The van der Waals surface area contributed by atoms with Gasteiger partial charge in [-0.1, -0.05) is 61.9 Å². The van der Waals surface area contributed by atoms with E-state index in [1.807, 2.05) is 67.4 Å². The molecule has 1 unspecified atom stereocenters. The van der Waals surface area contributed by atoms with Crippen LogP contribution in [0.5, 0.6) is 11.5 Å². The van der Waals surface area contributed by atoms with Gasteiger partial charge in [0.05, 0.1) is 6.61 Å². The molecule has 8 rings (SSSR count). The van der Waals surface area contributed by atoms with Crippen LogP contribution in [0.1, 0.15) is 101 Å². The highest BCUT2D eigenvalue weighted by molar-refractivity contribution is 6.36. The van der Waals surface area contributed by atoms with Crippen molar-refractivity contribution in [3.8, 4) is 11.5 Å². The van der Waals surface area contributed by atoms with E-state index in [9.17, 15) is 28.7 Å². The van der Waals surface area contributed by atoms with Crippen molar-refractivity contribution in [3.63, 3.8) is 0 Å². The summed E-state index contributed by atoms with van der Waals surface area (Å²) in [4.78, 5) is 55.3. The summed E-state index contributed by atoms with van der Waals surface area (Å²) in [6.45, 7) is 17.3. The third kappa shape index (κ3) is 11.1. The molecule has 1 atom stereocenters. The van der Waals surface area contributed by atoms with E-state index in [-0.39, 0.29) is 36.2 Å². The topological polar surface area (TPSA) is 132 Å². The van der Waals surface area contributed by atoms with Gasteiger partial charge >= 0.3 is 5.97 Å². The van der Waals surface area contributed by atoms with Gasteiger partial charge in [0.1, 0.15) is 36.0 Å². The molecule has 0 aromatic heterocycles. The summed E-state index contributed by atoms with van der Waals surface area (Å²) in [5.41, 5.74) is 10.3. The number of benzene rings is 4. The number of allylic oxidation sites excluding steroid dienone is 4. The van der Waals surface area contributed by atoms with Crippen molar-refractivity contribution in [2.24, 2.45) is 0 Å². The second-order valence-corrected chi connectivity index (χ2v) is 18.5. The Balaban J connectivity index is 0.000000205. The number of amides is 3. The molecule has 69 heavy (non-hydrogen) atoms. The number of nitrogens with zero attached hydrogens (tertiary/aromatic N) is 4. The zero-order valence-electron chi connectivity index (χ0n) is 40.8. The lowest BCUT2D eigenvalue weighted by atomic mass is 9.85. The molecule has 0 bridgehead atoms. The third-order valence-corrected chi connectivity index (χ3v) is 14.1. The van der Waals surface area contributed by atoms with Gasteiger partial charge in [0.25, 0.3) is 5.91 Å². The molecule has 0 radical (unpaired) electrons.